The molecule has 1 fully saturated rings. The Bertz CT molecular complexity index is 1500. The van der Waals surface area contributed by atoms with E-state index in [2.05, 4.69) is 25.6 Å². The molecule has 2 N–H and O–H groups in total. The van der Waals surface area contributed by atoms with Crippen LogP contribution in [0.5, 0.6) is 0 Å². The Kier molecular flexibility index (Phi) is 6.60. The number of aromatic amines is 1. The van der Waals surface area contributed by atoms with Crippen molar-refractivity contribution >= 4 is 29.0 Å². The molecular weight excluding hydrogens is 530 g/mol. The van der Waals surface area contributed by atoms with Crippen molar-refractivity contribution in [2.24, 2.45) is 0 Å². The maximum Gasteiger partial charge on any atom is 0.416 e. The Morgan fingerprint density at radius 3 is 2.41 bits per heavy atom. The molecule has 1 amide bonds. The average Bonchev–Trinajstić information content (AvgIpc) is 3.51. The number of benzene rings is 1. The van der Waals surface area contributed by atoms with E-state index >= 15 is 0 Å². The van der Waals surface area contributed by atoms with Crippen molar-refractivity contribution in [2.45, 2.75) is 25.7 Å². The minimum atomic E-state index is -5.04. The minimum absolute atomic E-state index is 0.0468. The van der Waals surface area contributed by atoms with Crippen molar-refractivity contribution in [3.05, 3.63) is 65.0 Å². The highest BCUT2D eigenvalue weighted by Gasteiger charge is 2.38. The average molecular weight is 552 g/mol. The van der Waals surface area contributed by atoms with E-state index in [-0.39, 0.29) is 19.2 Å². The molecule has 0 spiro atoms. The number of hydrogen-bond acceptors (Lipinski definition) is 6. The largest absolute Gasteiger partial charge is 0.416 e. The minimum Gasteiger partial charge on any atom is -0.339 e. The van der Waals surface area contributed by atoms with E-state index in [1.165, 1.54) is 4.90 Å². The van der Waals surface area contributed by atoms with E-state index in [0.717, 1.165) is 11.8 Å². The van der Waals surface area contributed by atoms with E-state index in [1.54, 1.807) is 10.7 Å². The number of carbonyl (C=O) groups excluding carboxylic acids is 1. The number of nitrogens with zero attached hydrogens (tertiary/aromatic N) is 6. The first-order valence-electron chi connectivity index (χ1n) is 11.8. The summed E-state index contributed by atoms with van der Waals surface area (Å²) in [5.41, 5.74) is -1.82. The van der Waals surface area contributed by atoms with Gasteiger partial charge in [-0.25, -0.2) is 4.52 Å². The highest BCUT2D eigenvalue weighted by molar-refractivity contribution is 5.79. The molecule has 1 aliphatic heterocycles. The summed E-state index contributed by atoms with van der Waals surface area (Å²) in [6.07, 6.45) is -8.89. The maximum absolute atomic E-state index is 13.5. The van der Waals surface area contributed by atoms with Crippen molar-refractivity contribution in [3.63, 3.8) is 0 Å². The lowest BCUT2D eigenvalue weighted by Gasteiger charge is -2.35. The highest BCUT2D eigenvalue weighted by atomic mass is 19.4. The number of H-pyrrole nitrogens is 1. The summed E-state index contributed by atoms with van der Waals surface area (Å²) in [6, 6.07) is 6.77. The van der Waals surface area contributed by atoms with E-state index in [1.807, 2.05) is 30.0 Å². The third-order valence-electron chi connectivity index (χ3n) is 6.33. The number of fused-ring (bicyclic) bond motifs is 1. The first kappa shape index (κ1) is 26.3. The molecule has 206 valence electrons. The van der Waals surface area contributed by atoms with Crippen LogP contribution >= 0.6 is 0 Å². The van der Waals surface area contributed by atoms with Crippen LogP contribution < -0.4 is 10.2 Å². The van der Waals surface area contributed by atoms with Gasteiger partial charge in [0.1, 0.15) is 5.52 Å². The Labute approximate surface area is 217 Å². The second-order valence-corrected chi connectivity index (χ2v) is 9.07. The maximum atomic E-state index is 13.5. The summed E-state index contributed by atoms with van der Waals surface area (Å²) >= 11 is 0. The van der Waals surface area contributed by atoms with Crippen LogP contribution in [0.25, 0.3) is 5.52 Å². The van der Waals surface area contributed by atoms with Gasteiger partial charge in [0.15, 0.2) is 11.6 Å². The number of aryl methyl sites for hydroxylation is 1. The zero-order chi connectivity index (χ0) is 27.9. The first-order valence-corrected chi connectivity index (χ1v) is 11.8. The second-order valence-electron chi connectivity index (χ2n) is 9.07. The normalized spacial score (nSPS) is 14.7. The van der Waals surface area contributed by atoms with Crippen LogP contribution in [0, 0.1) is 6.92 Å². The molecule has 0 aliphatic carbocycles. The second kappa shape index (κ2) is 9.78. The van der Waals surface area contributed by atoms with Crippen LogP contribution in [0.1, 0.15) is 22.4 Å². The number of anilines is 3. The van der Waals surface area contributed by atoms with Gasteiger partial charge < -0.3 is 15.1 Å². The number of carbonyl (C=O) groups is 1. The third-order valence-corrected chi connectivity index (χ3v) is 6.33. The standard InChI is InChI=1S/C24H22F6N8O/c1-14-11-19(34-33-14)31-21-18-3-2-6-38(18)35-22(32-21)37-9-7-36(8-10-37)20(39)12-15-4-5-16(23(25,26)27)13-17(15)24(28,29)30/h2-6,11,13H,7-10,12H2,1H3,(H2,31,32,33,34,35). The fourth-order valence-electron chi connectivity index (χ4n) is 4.35. The van der Waals surface area contributed by atoms with Crippen LogP contribution in [0.4, 0.5) is 43.9 Å². The molecule has 1 saturated heterocycles. The predicted octanol–water partition coefficient (Wildman–Crippen LogP) is 4.43. The molecule has 0 unspecified atom stereocenters. The van der Waals surface area contributed by atoms with Gasteiger partial charge >= 0.3 is 12.4 Å². The Balaban J connectivity index is 1.29. The molecule has 1 aliphatic rings. The third kappa shape index (κ3) is 5.61. The van der Waals surface area contributed by atoms with Crippen molar-refractivity contribution in [1.29, 1.82) is 0 Å². The van der Waals surface area contributed by atoms with Gasteiger partial charge in [0.05, 0.1) is 17.5 Å². The number of aromatic nitrogens is 5. The molecule has 1 aromatic carbocycles. The molecule has 5 rings (SSSR count). The summed E-state index contributed by atoms with van der Waals surface area (Å²) in [6.45, 7) is 2.82. The van der Waals surface area contributed by atoms with Crippen LogP contribution in [-0.2, 0) is 23.6 Å². The van der Waals surface area contributed by atoms with Crippen molar-refractivity contribution in [2.75, 3.05) is 36.4 Å². The SMILES string of the molecule is Cc1cc(Nc2nc(N3CCN(C(=O)Cc4ccc(C(F)(F)F)cc4C(F)(F)F)CC3)nn3cccc23)n[nH]1. The zero-order valence-corrected chi connectivity index (χ0v) is 20.4. The van der Waals surface area contributed by atoms with Crippen molar-refractivity contribution in [1.82, 2.24) is 29.7 Å². The predicted molar refractivity (Wildman–Crippen MR) is 129 cm³/mol. The van der Waals surface area contributed by atoms with Gasteiger partial charge in [0, 0.05) is 44.1 Å². The van der Waals surface area contributed by atoms with E-state index in [4.69, 9.17) is 0 Å². The lowest BCUT2D eigenvalue weighted by molar-refractivity contribution is -0.143. The number of alkyl halides is 6. The van der Waals surface area contributed by atoms with Gasteiger partial charge in [-0.2, -0.15) is 36.4 Å². The van der Waals surface area contributed by atoms with Crippen LogP contribution in [0.15, 0.2) is 42.6 Å². The number of amides is 1. The molecule has 0 atom stereocenters. The molecule has 3 aromatic heterocycles. The van der Waals surface area contributed by atoms with Crippen LogP contribution in [0.3, 0.4) is 0 Å². The van der Waals surface area contributed by atoms with Gasteiger partial charge in [0.2, 0.25) is 11.9 Å². The van der Waals surface area contributed by atoms with Gasteiger partial charge in [0.25, 0.3) is 0 Å². The van der Waals surface area contributed by atoms with E-state index in [0.29, 0.717) is 42.3 Å². The van der Waals surface area contributed by atoms with Crippen LogP contribution in [0.2, 0.25) is 0 Å². The quantitative estimate of drug-likeness (QED) is 0.356. The van der Waals surface area contributed by atoms with Gasteiger partial charge in [-0.05, 0) is 36.8 Å². The molecule has 0 bridgehead atoms. The lowest BCUT2D eigenvalue weighted by atomic mass is 10.00. The van der Waals surface area contributed by atoms with Gasteiger partial charge in [-0.15, -0.1) is 5.10 Å². The Morgan fingerprint density at radius 2 is 1.77 bits per heavy atom. The zero-order valence-electron chi connectivity index (χ0n) is 20.4. The smallest absolute Gasteiger partial charge is 0.339 e. The van der Waals surface area contributed by atoms with E-state index < -0.39 is 41.4 Å². The summed E-state index contributed by atoms with van der Waals surface area (Å²) < 4.78 is 80.9. The summed E-state index contributed by atoms with van der Waals surface area (Å²) in [5, 5.41) is 14.7. The molecule has 15 heteroatoms. The Hall–Kier alpha value is -4.30. The van der Waals surface area contributed by atoms with E-state index in [9.17, 15) is 31.1 Å². The number of rotatable bonds is 5. The van der Waals surface area contributed by atoms with Crippen molar-refractivity contribution < 1.29 is 31.1 Å². The molecular formula is C24H22F6N8O. The monoisotopic (exact) mass is 552 g/mol. The molecule has 39 heavy (non-hydrogen) atoms. The first-order chi connectivity index (χ1) is 18.4. The topological polar surface area (TPSA) is 94.5 Å². The van der Waals surface area contributed by atoms with Crippen LogP contribution in [-0.4, -0.2) is 61.8 Å². The summed E-state index contributed by atoms with van der Waals surface area (Å²) in [7, 11) is 0. The fraction of sp³-hybridized carbons (Fsp3) is 0.333. The summed E-state index contributed by atoms with van der Waals surface area (Å²) in [4.78, 5) is 20.7. The highest BCUT2D eigenvalue weighted by Crippen LogP contribution is 2.37. The lowest BCUT2D eigenvalue weighted by Crippen LogP contribution is -2.49. The van der Waals surface area contributed by atoms with Gasteiger partial charge in [-0.1, -0.05) is 6.07 Å². The molecule has 4 heterocycles. The number of nitrogens with one attached hydrogen (secondary N) is 2. The number of piperazine rings is 1. The van der Waals surface area contributed by atoms with Gasteiger partial charge in [-0.3, -0.25) is 9.89 Å². The summed E-state index contributed by atoms with van der Waals surface area (Å²) in [5.74, 6) is 0.842. The Morgan fingerprint density at radius 1 is 1.03 bits per heavy atom. The fourth-order valence-corrected chi connectivity index (χ4v) is 4.35. The number of halogens is 6. The molecule has 0 saturated carbocycles. The van der Waals surface area contributed by atoms with Crippen molar-refractivity contribution in [3.8, 4) is 0 Å². The molecule has 4 aromatic rings. The molecule has 0 radical (unpaired) electrons. The number of hydrogen-bond donors (Lipinski definition) is 2. The molecule has 9 nitrogen and oxygen atoms in total.